The lowest BCUT2D eigenvalue weighted by Gasteiger charge is -2.23. The van der Waals surface area contributed by atoms with E-state index < -0.39 is 17.7 Å². The second-order valence-electron chi connectivity index (χ2n) is 10.1. The van der Waals surface area contributed by atoms with Crippen LogP contribution < -0.4 is 9.64 Å². The molecule has 3 heterocycles. The molecule has 10 heteroatoms. The molecular formula is C31H30N4O4S2. The van der Waals surface area contributed by atoms with Crippen molar-refractivity contribution in [1.82, 2.24) is 15.2 Å². The first-order chi connectivity index (χ1) is 19.8. The number of anilines is 1. The third-order valence-electron chi connectivity index (χ3n) is 6.62. The van der Waals surface area contributed by atoms with Crippen LogP contribution in [0, 0.1) is 12.8 Å². The molecule has 0 radical (unpaired) electrons. The van der Waals surface area contributed by atoms with Gasteiger partial charge in [-0.3, -0.25) is 19.5 Å². The molecule has 41 heavy (non-hydrogen) atoms. The van der Waals surface area contributed by atoms with Crippen molar-refractivity contribution in [2.24, 2.45) is 5.92 Å². The topological polar surface area (TPSA) is 106 Å². The van der Waals surface area contributed by atoms with Gasteiger partial charge in [0.15, 0.2) is 4.34 Å². The van der Waals surface area contributed by atoms with Crippen LogP contribution in [0.25, 0.3) is 5.76 Å². The molecule has 1 fully saturated rings. The van der Waals surface area contributed by atoms with E-state index in [0.29, 0.717) is 39.5 Å². The Bertz CT molecular complexity index is 1570. The lowest BCUT2D eigenvalue weighted by Crippen LogP contribution is -2.29. The van der Waals surface area contributed by atoms with Gasteiger partial charge in [0.25, 0.3) is 5.78 Å². The Morgan fingerprint density at radius 2 is 1.83 bits per heavy atom. The van der Waals surface area contributed by atoms with Gasteiger partial charge >= 0.3 is 5.91 Å². The third-order valence-corrected chi connectivity index (χ3v) is 8.75. The summed E-state index contributed by atoms with van der Waals surface area (Å²) in [7, 11) is 0. The molecule has 1 N–H and O–H groups in total. The third kappa shape index (κ3) is 6.49. The highest BCUT2D eigenvalue weighted by molar-refractivity contribution is 8.00. The molecule has 1 aliphatic rings. The molecule has 0 saturated carbocycles. The molecule has 1 amide bonds. The maximum Gasteiger partial charge on any atom is 0.301 e. The summed E-state index contributed by atoms with van der Waals surface area (Å²) in [6, 6.07) is 17.8. The minimum atomic E-state index is -0.917. The molecule has 5 rings (SSSR count). The monoisotopic (exact) mass is 586 g/mol. The number of amides is 1. The lowest BCUT2D eigenvalue weighted by molar-refractivity contribution is -0.132. The average Bonchev–Trinajstić information content (AvgIpc) is 3.54. The van der Waals surface area contributed by atoms with Crippen molar-refractivity contribution in [2.75, 3.05) is 11.5 Å². The van der Waals surface area contributed by atoms with E-state index in [2.05, 4.69) is 53.3 Å². The van der Waals surface area contributed by atoms with Crippen LogP contribution in [0.15, 0.2) is 83.0 Å². The maximum atomic E-state index is 13.5. The second kappa shape index (κ2) is 12.7. The van der Waals surface area contributed by atoms with Crippen LogP contribution in [-0.4, -0.2) is 38.6 Å². The Morgan fingerprint density at radius 1 is 1.07 bits per heavy atom. The number of carbonyl (C=O) groups excluding carboxylic acids is 2. The summed E-state index contributed by atoms with van der Waals surface area (Å²) >= 11 is 2.75. The van der Waals surface area contributed by atoms with Crippen molar-refractivity contribution in [3.05, 3.63) is 101 Å². The molecule has 1 aliphatic heterocycles. The number of rotatable bonds is 10. The summed E-state index contributed by atoms with van der Waals surface area (Å²) in [6.07, 6.45) is 3.93. The summed E-state index contributed by atoms with van der Waals surface area (Å²) in [5, 5.41) is 20.2. The molecule has 1 atom stereocenters. The van der Waals surface area contributed by atoms with Crippen LogP contribution in [0.3, 0.4) is 0 Å². The lowest BCUT2D eigenvalue weighted by atomic mass is 9.95. The van der Waals surface area contributed by atoms with E-state index in [0.717, 1.165) is 12.0 Å². The molecule has 8 nitrogen and oxygen atoms in total. The molecule has 0 spiro atoms. The summed E-state index contributed by atoms with van der Waals surface area (Å²) in [6.45, 7) is 6.83. The predicted octanol–water partition coefficient (Wildman–Crippen LogP) is 6.59. The Hall–Kier alpha value is -4.02. The zero-order valence-corrected chi connectivity index (χ0v) is 24.6. The number of thioether (sulfide) groups is 1. The second-order valence-corrected chi connectivity index (χ2v) is 12.3. The van der Waals surface area contributed by atoms with E-state index in [-0.39, 0.29) is 16.5 Å². The van der Waals surface area contributed by atoms with Crippen LogP contribution >= 0.6 is 23.1 Å². The van der Waals surface area contributed by atoms with Gasteiger partial charge in [0.2, 0.25) is 5.13 Å². The van der Waals surface area contributed by atoms with Crippen LogP contribution in [0.2, 0.25) is 0 Å². The fraction of sp³-hybridized carbons (Fsp3) is 0.258. The van der Waals surface area contributed by atoms with Crippen LogP contribution in [0.1, 0.15) is 48.6 Å². The van der Waals surface area contributed by atoms with Crippen molar-refractivity contribution >= 4 is 45.7 Å². The molecule has 2 aromatic heterocycles. The first-order valence-electron chi connectivity index (χ1n) is 13.3. The fourth-order valence-corrected chi connectivity index (χ4v) is 6.21. The number of aliphatic hydroxyl groups is 1. The number of pyridine rings is 1. The van der Waals surface area contributed by atoms with Crippen molar-refractivity contribution in [3.63, 3.8) is 0 Å². The van der Waals surface area contributed by atoms with Crippen LogP contribution in [0.4, 0.5) is 5.13 Å². The molecule has 210 valence electrons. The van der Waals surface area contributed by atoms with Gasteiger partial charge in [-0.2, -0.15) is 0 Å². The predicted molar refractivity (Wildman–Crippen MR) is 161 cm³/mol. The van der Waals surface area contributed by atoms with Crippen molar-refractivity contribution in [1.29, 1.82) is 0 Å². The van der Waals surface area contributed by atoms with Crippen molar-refractivity contribution in [3.8, 4) is 5.75 Å². The first kappa shape index (κ1) is 28.5. The molecule has 2 aromatic carbocycles. The Balaban J connectivity index is 1.51. The number of hydrogen-bond donors (Lipinski definition) is 1. The summed E-state index contributed by atoms with van der Waals surface area (Å²) < 4.78 is 6.64. The van der Waals surface area contributed by atoms with Gasteiger partial charge in [-0.1, -0.05) is 78.9 Å². The number of carbonyl (C=O) groups is 2. The summed E-state index contributed by atoms with van der Waals surface area (Å²) in [5.74, 6) is -0.0507. The normalized spacial score (nSPS) is 16.5. The number of aromatic nitrogens is 3. The standard InChI is InChI=1S/C31H30N4O4S2/c1-19(2)13-16-39-24-6-4-5-23(17-24)26-25(27(36)22-11-14-32-15-12-22)28(37)29(38)35(26)30-33-34-31(41-30)40-18-21-9-7-20(3)8-10-21/h4-12,14-15,17,19,26,36H,13,16,18H2,1-3H3/b27-25+. The van der Waals surface area contributed by atoms with E-state index in [1.165, 1.54) is 46.0 Å². The average molecular weight is 587 g/mol. The van der Waals surface area contributed by atoms with Gasteiger partial charge in [-0.15, -0.1) is 10.2 Å². The SMILES string of the molecule is Cc1ccc(CSc2nnc(N3C(=O)C(=O)/C(=C(/O)c4ccncc4)C3c3cccc(OCCC(C)C)c3)s2)cc1. The zero-order valence-electron chi connectivity index (χ0n) is 23.0. The Kier molecular flexibility index (Phi) is 8.80. The van der Waals surface area contributed by atoms with Gasteiger partial charge in [0.1, 0.15) is 11.5 Å². The van der Waals surface area contributed by atoms with Gasteiger partial charge < -0.3 is 9.84 Å². The first-order valence-corrected chi connectivity index (χ1v) is 15.1. The highest BCUT2D eigenvalue weighted by Gasteiger charge is 2.48. The number of aryl methyl sites for hydroxylation is 1. The van der Waals surface area contributed by atoms with Gasteiger partial charge in [-0.05, 0) is 54.7 Å². The Labute approximate surface area is 247 Å². The zero-order chi connectivity index (χ0) is 28.9. The number of nitrogens with zero attached hydrogens (tertiary/aromatic N) is 4. The number of ether oxygens (including phenoxy) is 1. The number of Topliss-reactive ketones (excluding diaryl/α,β-unsaturated/α-hetero) is 1. The number of hydrogen-bond acceptors (Lipinski definition) is 9. The molecule has 0 bridgehead atoms. The van der Waals surface area contributed by atoms with E-state index in [1.807, 2.05) is 25.1 Å². The van der Waals surface area contributed by atoms with Crippen LogP contribution in [0.5, 0.6) is 5.75 Å². The van der Waals surface area contributed by atoms with E-state index in [4.69, 9.17) is 4.74 Å². The fourth-order valence-electron chi connectivity index (χ4n) is 4.38. The van der Waals surface area contributed by atoms with Gasteiger partial charge in [0, 0.05) is 23.7 Å². The Morgan fingerprint density at radius 3 is 2.56 bits per heavy atom. The summed E-state index contributed by atoms with van der Waals surface area (Å²) in [5.41, 5.74) is 3.31. The van der Waals surface area contributed by atoms with Gasteiger partial charge in [-0.25, -0.2) is 0 Å². The molecular weight excluding hydrogens is 556 g/mol. The summed E-state index contributed by atoms with van der Waals surface area (Å²) in [4.78, 5) is 32.3. The number of aliphatic hydroxyl groups excluding tert-OH is 1. The highest BCUT2D eigenvalue weighted by Crippen LogP contribution is 2.44. The molecule has 0 aliphatic carbocycles. The molecule has 4 aromatic rings. The highest BCUT2D eigenvalue weighted by atomic mass is 32.2. The number of benzene rings is 2. The van der Waals surface area contributed by atoms with Crippen LogP contribution in [-0.2, 0) is 15.3 Å². The maximum absolute atomic E-state index is 13.5. The van der Waals surface area contributed by atoms with E-state index >= 15 is 0 Å². The van der Waals surface area contributed by atoms with E-state index in [1.54, 1.807) is 18.2 Å². The number of ketones is 1. The minimum absolute atomic E-state index is 0.0235. The van der Waals surface area contributed by atoms with Crippen molar-refractivity contribution in [2.45, 2.75) is 43.3 Å². The quantitative estimate of drug-likeness (QED) is 0.0730. The molecule has 1 saturated heterocycles. The van der Waals surface area contributed by atoms with Crippen molar-refractivity contribution < 1.29 is 19.4 Å². The minimum Gasteiger partial charge on any atom is -0.507 e. The molecule has 1 unspecified atom stereocenters. The van der Waals surface area contributed by atoms with Gasteiger partial charge in [0.05, 0.1) is 18.2 Å². The van der Waals surface area contributed by atoms with E-state index in [9.17, 15) is 14.7 Å². The largest absolute Gasteiger partial charge is 0.507 e. The smallest absolute Gasteiger partial charge is 0.301 e.